The minimum Gasteiger partial charge on any atom is -0.337 e. The van der Waals surface area contributed by atoms with E-state index in [1.165, 1.54) is 0 Å². The molecule has 2 N–H and O–H groups in total. The van der Waals surface area contributed by atoms with Crippen LogP contribution in [-0.4, -0.2) is 79.5 Å². The van der Waals surface area contributed by atoms with Crippen molar-refractivity contribution in [2.45, 2.75) is 18.9 Å². The van der Waals surface area contributed by atoms with Crippen LogP contribution in [0.15, 0.2) is 24.3 Å². The number of anilines is 1. The number of hydrogen-bond acceptors (Lipinski definition) is 4. The summed E-state index contributed by atoms with van der Waals surface area (Å²) in [7, 11) is 0. The number of carbonyl (C=O) groups is 3. The minimum absolute atomic E-state index is 0. The number of hydrogen-bond donors (Lipinski definition) is 2. The van der Waals surface area contributed by atoms with Gasteiger partial charge in [0.2, 0.25) is 5.91 Å². The summed E-state index contributed by atoms with van der Waals surface area (Å²) in [5.41, 5.74) is 1.41. The zero-order chi connectivity index (χ0) is 18.8. The fourth-order valence-corrected chi connectivity index (χ4v) is 4.09. The van der Waals surface area contributed by atoms with Gasteiger partial charge in [0.05, 0.1) is 6.54 Å². The number of halogens is 1. The highest BCUT2D eigenvalue weighted by atomic mass is 35.5. The molecule has 3 saturated heterocycles. The average Bonchev–Trinajstić information content (AvgIpc) is 3.14. The largest absolute Gasteiger partial charge is 0.337 e. The summed E-state index contributed by atoms with van der Waals surface area (Å²) in [4.78, 5) is 42.3. The molecule has 1 atom stereocenters. The van der Waals surface area contributed by atoms with E-state index >= 15 is 0 Å². The summed E-state index contributed by atoms with van der Waals surface area (Å²) < 4.78 is 0. The first-order valence-electron chi connectivity index (χ1n) is 9.58. The van der Waals surface area contributed by atoms with Gasteiger partial charge in [0.15, 0.2) is 0 Å². The first kappa shape index (κ1) is 20.4. The van der Waals surface area contributed by atoms with Gasteiger partial charge in [0.25, 0.3) is 5.91 Å². The van der Waals surface area contributed by atoms with Gasteiger partial charge in [-0.05, 0) is 37.1 Å². The second-order valence-corrected chi connectivity index (χ2v) is 7.24. The molecule has 0 saturated carbocycles. The van der Waals surface area contributed by atoms with Crippen LogP contribution in [0.3, 0.4) is 0 Å². The molecule has 1 unspecified atom stereocenters. The molecule has 0 aromatic heterocycles. The Morgan fingerprint density at radius 3 is 2.50 bits per heavy atom. The summed E-state index contributed by atoms with van der Waals surface area (Å²) in [6, 6.07) is 7.20. The molecule has 152 valence electrons. The molecule has 8 nitrogen and oxygen atoms in total. The average molecular weight is 408 g/mol. The Kier molecular flexibility index (Phi) is 6.41. The lowest BCUT2D eigenvalue weighted by Crippen LogP contribution is -2.57. The third-order valence-corrected chi connectivity index (χ3v) is 5.53. The normalized spacial score (nSPS) is 22.7. The van der Waals surface area contributed by atoms with Gasteiger partial charge in [-0.25, -0.2) is 4.79 Å². The number of benzene rings is 1. The van der Waals surface area contributed by atoms with Crippen LogP contribution in [0, 0.1) is 0 Å². The van der Waals surface area contributed by atoms with Crippen LogP contribution in [0.2, 0.25) is 0 Å². The maximum Gasteiger partial charge on any atom is 0.321 e. The smallest absolute Gasteiger partial charge is 0.321 e. The number of piperazine rings is 1. The summed E-state index contributed by atoms with van der Waals surface area (Å²) >= 11 is 0. The van der Waals surface area contributed by atoms with E-state index in [0.717, 1.165) is 25.1 Å². The number of rotatable bonds is 3. The third kappa shape index (κ3) is 4.07. The van der Waals surface area contributed by atoms with E-state index in [2.05, 4.69) is 10.6 Å². The lowest BCUT2D eigenvalue weighted by molar-refractivity contribution is -0.135. The first-order valence-corrected chi connectivity index (χ1v) is 9.58. The fourth-order valence-electron chi connectivity index (χ4n) is 4.09. The summed E-state index contributed by atoms with van der Waals surface area (Å²) in [5.74, 6) is 0.105. The SMILES string of the molecule is Cl.O=C(c1ccc(N2CCNC2=O)cc1)N1CCCC(N2CCNCC2=O)C1. The maximum atomic E-state index is 12.9. The Labute approximate surface area is 170 Å². The Balaban J connectivity index is 0.00000225. The number of amides is 4. The van der Waals surface area contributed by atoms with Crippen molar-refractivity contribution in [1.29, 1.82) is 0 Å². The first-order chi connectivity index (χ1) is 13.1. The number of likely N-dealkylation sites (tertiary alicyclic amines) is 1. The van der Waals surface area contributed by atoms with E-state index in [0.29, 0.717) is 44.8 Å². The van der Waals surface area contributed by atoms with Crippen LogP contribution in [0.1, 0.15) is 23.2 Å². The lowest BCUT2D eigenvalue weighted by Gasteiger charge is -2.41. The van der Waals surface area contributed by atoms with E-state index in [1.807, 2.05) is 21.9 Å². The molecule has 1 aromatic rings. The highest BCUT2D eigenvalue weighted by molar-refractivity contribution is 5.97. The number of piperidine rings is 1. The molecule has 0 aliphatic carbocycles. The monoisotopic (exact) mass is 407 g/mol. The summed E-state index contributed by atoms with van der Waals surface area (Å²) in [6.45, 7) is 4.47. The standard InChI is InChI=1S/C19H25N5O3.ClH/c25-17-12-20-7-10-23(17)16-2-1-9-22(13-16)18(26)14-3-5-15(6-4-14)24-11-8-21-19(24)27;/h3-6,16,20H,1-2,7-13H2,(H,21,27);1H. The Bertz CT molecular complexity index is 742. The van der Waals surface area contributed by atoms with E-state index in [1.54, 1.807) is 17.0 Å². The van der Waals surface area contributed by atoms with Crippen LogP contribution < -0.4 is 15.5 Å². The molecule has 4 amide bonds. The van der Waals surface area contributed by atoms with Gasteiger partial charge in [-0.1, -0.05) is 0 Å². The molecule has 0 radical (unpaired) electrons. The highest BCUT2D eigenvalue weighted by Crippen LogP contribution is 2.21. The molecule has 9 heteroatoms. The molecule has 0 spiro atoms. The second-order valence-electron chi connectivity index (χ2n) is 7.24. The maximum absolute atomic E-state index is 12.9. The summed E-state index contributed by atoms with van der Waals surface area (Å²) in [5, 5.41) is 5.86. The van der Waals surface area contributed by atoms with Crippen molar-refractivity contribution < 1.29 is 14.4 Å². The minimum atomic E-state index is -0.103. The molecule has 28 heavy (non-hydrogen) atoms. The predicted molar refractivity (Wildman–Crippen MR) is 108 cm³/mol. The van der Waals surface area contributed by atoms with E-state index < -0.39 is 0 Å². The van der Waals surface area contributed by atoms with Crippen molar-refractivity contribution >= 4 is 35.9 Å². The molecule has 0 bridgehead atoms. The predicted octanol–water partition coefficient (Wildman–Crippen LogP) is 0.674. The van der Waals surface area contributed by atoms with Crippen molar-refractivity contribution in [2.24, 2.45) is 0 Å². The fraction of sp³-hybridized carbons (Fsp3) is 0.526. The van der Waals surface area contributed by atoms with Crippen LogP contribution in [0.5, 0.6) is 0 Å². The van der Waals surface area contributed by atoms with Gasteiger partial charge in [-0.15, -0.1) is 12.4 Å². The third-order valence-electron chi connectivity index (χ3n) is 5.53. The van der Waals surface area contributed by atoms with Gasteiger partial charge in [-0.3, -0.25) is 14.5 Å². The molecule has 3 fully saturated rings. The molecule has 3 aliphatic heterocycles. The topological polar surface area (TPSA) is 85.0 Å². The molecular weight excluding hydrogens is 382 g/mol. The number of urea groups is 1. The van der Waals surface area contributed by atoms with Gasteiger partial charge in [-0.2, -0.15) is 0 Å². The second kappa shape index (κ2) is 8.79. The van der Waals surface area contributed by atoms with E-state index in [4.69, 9.17) is 0 Å². The van der Waals surface area contributed by atoms with Crippen LogP contribution in [-0.2, 0) is 4.79 Å². The van der Waals surface area contributed by atoms with Crippen LogP contribution >= 0.6 is 12.4 Å². The number of carbonyl (C=O) groups excluding carboxylic acids is 3. The Hall–Kier alpha value is -2.32. The van der Waals surface area contributed by atoms with Gasteiger partial charge < -0.3 is 20.4 Å². The molecular formula is C19H26ClN5O3. The van der Waals surface area contributed by atoms with E-state index in [-0.39, 0.29) is 36.3 Å². The van der Waals surface area contributed by atoms with Crippen molar-refractivity contribution in [3.05, 3.63) is 29.8 Å². The van der Waals surface area contributed by atoms with Crippen molar-refractivity contribution in [3.8, 4) is 0 Å². The zero-order valence-electron chi connectivity index (χ0n) is 15.7. The van der Waals surface area contributed by atoms with Gasteiger partial charge >= 0.3 is 6.03 Å². The lowest BCUT2D eigenvalue weighted by atomic mass is 10.0. The quantitative estimate of drug-likeness (QED) is 0.771. The Morgan fingerprint density at radius 2 is 1.82 bits per heavy atom. The highest BCUT2D eigenvalue weighted by Gasteiger charge is 2.32. The summed E-state index contributed by atoms with van der Waals surface area (Å²) in [6.07, 6.45) is 1.85. The van der Waals surface area contributed by atoms with Crippen LogP contribution in [0.4, 0.5) is 10.5 Å². The molecule has 1 aromatic carbocycles. The van der Waals surface area contributed by atoms with Crippen LogP contribution in [0.25, 0.3) is 0 Å². The van der Waals surface area contributed by atoms with Crippen molar-refractivity contribution in [2.75, 3.05) is 50.7 Å². The van der Waals surface area contributed by atoms with Crippen molar-refractivity contribution in [3.63, 3.8) is 0 Å². The molecule has 4 rings (SSSR count). The zero-order valence-corrected chi connectivity index (χ0v) is 16.5. The van der Waals surface area contributed by atoms with E-state index in [9.17, 15) is 14.4 Å². The molecule has 3 aliphatic rings. The Morgan fingerprint density at radius 1 is 1.04 bits per heavy atom. The van der Waals surface area contributed by atoms with Crippen molar-refractivity contribution in [1.82, 2.24) is 20.4 Å². The molecule has 3 heterocycles. The number of nitrogens with zero attached hydrogens (tertiary/aromatic N) is 3. The van der Waals surface area contributed by atoms with Gasteiger partial charge in [0, 0.05) is 56.6 Å². The van der Waals surface area contributed by atoms with Gasteiger partial charge in [0.1, 0.15) is 0 Å². The number of nitrogens with one attached hydrogen (secondary N) is 2.